The van der Waals surface area contributed by atoms with Gasteiger partial charge in [0.1, 0.15) is 5.75 Å². The summed E-state index contributed by atoms with van der Waals surface area (Å²) in [6, 6.07) is 22.9. The molecular weight excluding hydrogens is 470 g/mol. The first-order valence-electron chi connectivity index (χ1n) is 12.3. The highest BCUT2D eigenvalue weighted by molar-refractivity contribution is 6.22. The summed E-state index contributed by atoms with van der Waals surface area (Å²) in [5.41, 5.74) is 2.24. The van der Waals surface area contributed by atoms with Gasteiger partial charge in [0.25, 0.3) is 0 Å². The van der Waals surface area contributed by atoms with E-state index in [1.165, 1.54) is 29.7 Å². The van der Waals surface area contributed by atoms with Crippen LogP contribution in [-0.4, -0.2) is 37.3 Å². The van der Waals surface area contributed by atoms with Gasteiger partial charge in [-0.3, -0.25) is 19.3 Å². The van der Waals surface area contributed by atoms with Crippen LogP contribution in [0.2, 0.25) is 0 Å². The van der Waals surface area contributed by atoms with Gasteiger partial charge in [-0.05, 0) is 67.1 Å². The topological polar surface area (TPSA) is 90.0 Å². The van der Waals surface area contributed by atoms with E-state index < -0.39 is 12.6 Å². The Balaban J connectivity index is 1.23. The molecule has 0 spiro atoms. The second kappa shape index (κ2) is 10.4. The summed E-state index contributed by atoms with van der Waals surface area (Å²) >= 11 is 0. The van der Waals surface area contributed by atoms with Crippen molar-refractivity contribution in [2.75, 3.05) is 18.6 Å². The smallest absolute Gasteiger partial charge is 0.338 e. The van der Waals surface area contributed by atoms with E-state index in [-0.39, 0.29) is 40.9 Å². The predicted octanol–water partition coefficient (Wildman–Crippen LogP) is 4.81. The van der Waals surface area contributed by atoms with Crippen molar-refractivity contribution >= 4 is 29.3 Å². The summed E-state index contributed by atoms with van der Waals surface area (Å²) < 4.78 is 10.3. The Morgan fingerprint density at radius 2 is 1.57 bits per heavy atom. The molecule has 5 rings (SSSR count). The molecule has 2 amide bonds. The fourth-order valence-corrected chi connectivity index (χ4v) is 5.30. The summed E-state index contributed by atoms with van der Waals surface area (Å²) in [5, 5.41) is 0. The summed E-state index contributed by atoms with van der Waals surface area (Å²) in [4.78, 5) is 52.5. The highest BCUT2D eigenvalue weighted by Crippen LogP contribution is 2.45. The highest BCUT2D eigenvalue weighted by atomic mass is 16.5. The average Bonchev–Trinajstić information content (AvgIpc) is 3.20. The van der Waals surface area contributed by atoms with Gasteiger partial charge in [0.2, 0.25) is 11.8 Å². The minimum Gasteiger partial charge on any atom is -0.497 e. The van der Waals surface area contributed by atoms with Gasteiger partial charge in [-0.1, -0.05) is 42.5 Å². The summed E-state index contributed by atoms with van der Waals surface area (Å²) in [6.07, 6.45) is 2.20. The quantitative estimate of drug-likeness (QED) is 0.264. The molecule has 0 radical (unpaired) electrons. The zero-order chi connectivity index (χ0) is 25.9. The molecule has 3 atom stereocenters. The maximum atomic E-state index is 13.3. The molecule has 2 fully saturated rings. The van der Waals surface area contributed by atoms with Gasteiger partial charge >= 0.3 is 5.97 Å². The van der Waals surface area contributed by atoms with Crippen molar-refractivity contribution in [3.05, 3.63) is 95.6 Å². The molecule has 7 nitrogen and oxygen atoms in total. The number of ether oxygens (including phenoxy) is 2. The van der Waals surface area contributed by atoms with Crippen molar-refractivity contribution in [2.45, 2.75) is 25.2 Å². The Bertz CT molecular complexity index is 1330. The lowest BCUT2D eigenvalue weighted by Gasteiger charge is -2.28. The fraction of sp³-hybridized carbons (Fsp3) is 0.267. The van der Waals surface area contributed by atoms with E-state index in [9.17, 15) is 19.2 Å². The lowest BCUT2D eigenvalue weighted by molar-refractivity contribution is -0.122. The monoisotopic (exact) mass is 497 g/mol. The molecule has 3 aromatic rings. The number of Topliss-reactive ketones (excluding diaryl/α,β-unsaturated/α-hetero) is 1. The molecule has 1 aliphatic carbocycles. The van der Waals surface area contributed by atoms with Crippen LogP contribution in [0.4, 0.5) is 5.69 Å². The first-order chi connectivity index (χ1) is 18.0. The zero-order valence-corrected chi connectivity index (χ0v) is 20.5. The van der Waals surface area contributed by atoms with E-state index in [0.717, 1.165) is 6.42 Å². The number of rotatable bonds is 7. The number of fused-ring (bicyclic) bond motifs is 1. The molecule has 7 heteroatoms. The number of nitrogens with zero attached hydrogens (tertiary/aromatic N) is 1. The van der Waals surface area contributed by atoms with Crippen LogP contribution in [0.3, 0.4) is 0 Å². The number of anilines is 1. The largest absolute Gasteiger partial charge is 0.497 e. The van der Waals surface area contributed by atoms with Gasteiger partial charge in [-0.25, -0.2) is 4.79 Å². The molecule has 0 aromatic heterocycles. The van der Waals surface area contributed by atoms with E-state index in [0.29, 0.717) is 29.8 Å². The van der Waals surface area contributed by atoms with Crippen molar-refractivity contribution in [1.82, 2.24) is 0 Å². The van der Waals surface area contributed by atoms with Crippen LogP contribution in [0.15, 0.2) is 78.9 Å². The highest BCUT2D eigenvalue weighted by Gasteiger charge is 2.50. The fourth-order valence-electron chi connectivity index (χ4n) is 5.30. The van der Waals surface area contributed by atoms with E-state index in [1.54, 1.807) is 36.4 Å². The van der Waals surface area contributed by atoms with Crippen molar-refractivity contribution in [3.8, 4) is 5.75 Å². The lowest BCUT2D eigenvalue weighted by atomic mass is 9.73. The maximum Gasteiger partial charge on any atom is 0.338 e. The third-order valence-electron chi connectivity index (χ3n) is 7.28. The number of hydrogen-bond acceptors (Lipinski definition) is 6. The van der Waals surface area contributed by atoms with Crippen LogP contribution in [0.25, 0.3) is 0 Å². The summed E-state index contributed by atoms with van der Waals surface area (Å²) in [7, 11) is 1.51. The minimum absolute atomic E-state index is 0.180. The predicted molar refractivity (Wildman–Crippen MR) is 137 cm³/mol. The van der Waals surface area contributed by atoms with Crippen molar-refractivity contribution in [1.29, 1.82) is 0 Å². The number of amides is 2. The Hall–Kier alpha value is -4.26. The van der Waals surface area contributed by atoms with E-state index in [4.69, 9.17) is 9.47 Å². The molecule has 188 valence electrons. The van der Waals surface area contributed by atoms with Gasteiger partial charge in [-0.2, -0.15) is 0 Å². The van der Waals surface area contributed by atoms with E-state index in [1.807, 2.05) is 18.2 Å². The Morgan fingerprint density at radius 3 is 2.30 bits per heavy atom. The van der Waals surface area contributed by atoms with Crippen LogP contribution >= 0.6 is 0 Å². The maximum absolute atomic E-state index is 13.3. The molecule has 0 bridgehead atoms. The molecule has 3 aromatic carbocycles. The third kappa shape index (κ3) is 4.89. The first-order valence-corrected chi connectivity index (χ1v) is 12.3. The van der Waals surface area contributed by atoms with Crippen LogP contribution in [0.5, 0.6) is 5.75 Å². The van der Waals surface area contributed by atoms with Crippen LogP contribution in [-0.2, 0) is 14.3 Å². The van der Waals surface area contributed by atoms with Crippen molar-refractivity contribution in [2.24, 2.45) is 11.8 Å². The van der Waals surface area contributed by atoms with Gasteiger partial charge in [0.15, 0.2) is 12.4 Å². The van der Waals surface area contributed by atoms with Gasteiger partial charge in [0.05, 0.1) is 30.2 Å². The first kappa shape index (κ1) is 24.4. The molecule has 0 N–H and O–H groups in total. The van der Waals surface area contributed by atoms with E-state index >= 15 is 0 Å². The Kier molecular flexibility index (Phi) is 6.86. The molecule has 1 saturated carbocycles. The second-order valence-electron chi connectivity index (χ2n) is 9.42. The van der Waals surface area contributed by atoms with Gasteiger partial charge < -0.3 is 9.47 Å². The summed E-state index contributed by atoms with van der Waals surface area (Å²) in [5.74, 6) is -1.23. The number of ketones is 1. The average molecular weight is 498 g/mol. The van der Waals surface area contributed by atoms with Crippen molar-refractivity contribution in [3.63, 3.8) is 0 Å². The molecule has 2 aliphatic rings. The van der Waals surface area contributed by atoms with Crippen LogP contribution in [0.1, 0.15) is 51.5 Å². The normalized spacial score (nSPS) is 20.9. The number of carbonyl (C=O) groups is 4. The summed E-state index contributed by atoms with van der Waals surface area (Å²) in [6.45, 7) is -0.414. The standard InChI is InChI=1S/C30H27NO6/c1-36-24-9-5-8-22(16-24)27(32)18-37-30(35)20-10-13-23(14-11-20)31-28(33)25-15-12-21(17-26(25)29(31)34)19-6-3-2-4-7-19/h2-11,13-14,16,21,25-26H,12,15,17-18H2,1H3/t21-,25-,26-/m0/s1. The molecule has 1 heterocycles. The number of hydrogen-bond donors (Lipinski definition) is 0. The van der Waals surface area contributed by atoms with Gasteiger partial charge in [-0.15, -0.1) is 0 Å². The molecule has 1 aliphatic heterocycles. The third-order valence-corrected chi connectivity index (χ3v) is 7.28. The van der Waals surface area contributed by atoms with Crippen LogP contribution < -0.4 is 9.64 Å². The molecule has 37 heavy (non-hydrogen) atoms. The zero-order valence-electron chi connectivity index (χ0n) is 20.5. The Labute approximate surface area is 215 Å². The number of methoxy groups -OCH3 is 1. The second-order valence-corrected chi connectivity index (χ2v) is 9.42. The van der Waals surface area contributed by atoms with E-state index in [2.05, 4.69) is 12.1 Å². The minimum atomic E-state index is -0.666. The Morgan fingerprint density at radius 1 is 0.838 bits per heavy atom. The number of imide groups is 1. The number of carbonyl (C=O) groups excluding carboxylic acids is 4. The molecule has 0 unspecified atom stereocenters. The molecular formula is C30H27NO6. The van der Waals surface area contributed by atoms with Crippen LogP contribution in [0, 0.1) is 11.8 Å². The van der Waals surface area contributed by atoms with Gasteiger partial charge in [0, 0.05) is 5.56 Å². The number of esters is 1. The molecule has 1 saturated heterocycles. The lowest BCUT2D eigenvalue weighted by Crippen LogP contribution is -2.30. The number of benzene rings is 3. The SMILES string of the molecule is COc1cccc(C(=O)COC(=O)c2ccc(N3C(=O)[C@H]4CC[C@H](c5ccccc5)C[C@@H]4C3=O)cc2)c1. The van der Waals surface area contributed by atoms with Crippen molar-refractivity contribution < 1.29 is 28.7 Å².